The van der Waals surface area contributed by atoms with Gasteiger partial charge in [0, 0.05) is 26.2 Å². The molecule has 0 N–H and O–H groups in total. The molecule has 0 radical (unpaired) electrons. The van der Waals surface area contributed by atoms with E-state index in [0.717, 1.165) is 86.6 Å². The van der Waals surface area contributed by atoms with Gasteiger partial charge in [-0.15, -0.1) is 0 Å². The topological polar surface area (TPSA) is 75.1 Å². The zero-order valence-corrected chi connectivity index (χ0v) is 19.8. The molecule has 4 heterocycles. The van der Waals surface area contributed by atoms with E-state index in [9.17, 15) is 0 Å². The van der Waals surface area contributed by atoms with Gasteiger partial charge in [0.05, 0.1) is 76.4 Å². The number of epoxide rings is 4. The van der Waals surface area contributed by atoms with Crippen LogP contribution in [-0.2, 0) is 18.9 Å². The second-order valence-electron chi connectivity index (χ2n) is 9.40. The highest BCUT2D eigenvalue weighted by Crippen LogP contribution is 2.39. The van der Waals surface area contributed by atoms with Gasteiger partial charge in [-0.05, 0) is 35.4 Å². The summed E-state index contributed by atoms with van der Waals surface area (Å²) in [6, 6.07) is 12.8. The highest BCUT2D eigenvalue weighted by molar-refractivity contribution is 5.75. The quantitative estimate of drug-likeness (QED) is 0.416. The van der Waals surface area contributed by atoms with Gasteiger partial charge >= 0.3 is 0 Å². The van der Waals surface area contributed by atoms with Crippen LogP contribution >= 0.6 is 0 Å². The molecule has 182 valence electrons. The first-order valence-electron chi connectivity index (χ1n) is 12.0. The fraction of sp³-hybridized carbons (Fsp3) is 0.538. The highest BCUT2D eigenvalue weighted by Gasteiger charge is 2.33. The van der Waals surface area contributed by atoms with Crippen LogP contribution in [0.25, 0.3) is 11.1 Å². The Balaban J connectivity index is 1.26. The van der Waals surface area contributed by atoms with E-state index in [0.29, 0.717) is 24.4 Å². The maximum atomic E-state index is 5.82. The Morgan fingerprint density at radius 2 is 0.941 bits per heavy atom. The van der Waals surface area contributed by atoms with Crippen molar-refractivity contribution in [2.75, 3.05) is 76.6 Å². The summed E-state index contributed by atoms with van der Waals surface area (Å²) >= 11 is 0. The third-order valence-electron chi connectivity index (χ3n) is 6.68. The summed E-state index contributed by atoms with van der Waals surface area (Å²) in [4.78, 5) is 4.64. The zero-order valence-electron chi connectivity index (χ0n) is 19.8. The molecule has 0 spiro atoms. The number of ether oxygens (including phenoxy) is 6. The predicted octanol–water partition coefficient (Wildman–Crippen LogP) is 2.58. The van der Waals surface area contributed by atoms with E-state index in [1.807, 2.05) is 0 Å². The molecule has 0 saturated carbocycles. The van der Waals surface area contributed by atoms with Crippen LogP contribution in [0.5, 0.6) is 11.5 Å². The van der Waals surface area contributed by atoms with E-state index in [-0.39, 0.29) is 0 Å². The fourth-order valence-corrected chi connectivity index (χ4v) is 4.46. The summed E-state index contributed by atoms with van der Waals surface area (Å²) in [6.07, 6.45) is 1.19. The van der Waals surface area contributed by atoms with E-state index in [2.05, 4.69) is 46.2 Å². The molecule has 6 rings (SSSR count). The number of hydrogen-bond donors (Lipinski definition) is 0. The third-order valence-corrected chi connectivity index (χ3v) is 6.68. The predicted molar refractivity (Wildman–Crippen MR) is 128 cm³/mol. The highest BCUT2D eigenvalue weighted by atomic mass is 16.6. The second kappa shape index (κ2) is 9.26. The number of rotatable bonds is 13. The van der Waals surface area contributed by atoms with Gasteiger partial charge in [-0.3, -0.25) is 0 Å². The minimum Gasteiger partial charge on any atom is -0.495 e. The maximum Gasteiger partial charge on any atom is 0.142 e. The molecule has 0 amide bonds. The Bertz CT molecular complexity index is 907. The summed E-state index contributed by atoms with van der Waals surface area (Å²) in [6.45, 7) is 6.70. The molecule has 0 aromatic heterocycles. The molecule has 4 unspecified atom stereocenters. The third kappa shape index (κ3) is 5.25. The van der Waals surface area contributed by atoms with Crippen molar-refractivity contribution in [1.29, 1.82) is 0 Å². The van der Waals surface area contributed by atoms with Crippen LogP contribution in [0.2, 0.25) is 0 Å². The van der Waals surface area contributed by atoms with Crippen molar-refractivity contribution in [3.8, 4) is 22.6 Å². The molecular weight excluding hydrogens is 436 g/mol. The lowest BCUT2D eigenvalue weighted by atomic mass is 10.0. The maximum absolute atomic E-state index is 5.82. The lowest BCUT2D eigenvalue weighted by Gasteiger charge is -2.26. The van der Waals surface area contributed by atoms with Crippen molar-refractivity contribution >= 4 is 11.4 Å². The molecule has 4 atom stereocenters. The smallest absolute Gasteiger partial charge is 0.142 e. The van der Waals surface area contributed by atoms with Crippen molar-refractivity contribution in [1.82, 2.24) is 0 Å². The molecule has 4 saturated heterocycles. The van der Waals surface area contributed by atoms with Gasteiger partial charge < -0.3 is 38.2 Å². The summed E-state index contributed by atoms with van der Waals surface area (Å²) in [5.41, 5.74) is 4.30. The number of benzene rings is 2. The van der Waals surface area contributed by atoms with Gasteiger partial charge in [0.1, 0.15) is 11.5 Å². The summed E-state index contributed by atoms with van der Waals surface area (Å²) in [5.74, 6) is 1.69. The SMILES string of the molecule is COc1cc(-c2ccc(N(CC3CO3)CC3CO3)c(OC)c2)ccc1N(CC1CO1)CC1CO1. The van der Waals surface area contributed by atoms with Crippen LogP contribution in [0.15, 0.2) is 36.4 Å². The van der Waals surface area contributed by atoms with Gasteiger partial charge in [0.25, 0.3) is 0 Å². The summed E-state index contributed by atoms with van der Waals surface area (Å²) in [7, 11) is 3.45. The Morgan fingerprint density at radius 1 is 0.618 bits per heavy atom. The Labute approximate surface area is 200 Å². The minimum absolute atomic E-state index is 0.296. The van der Waals surface area contributed by atoms with Gasteiger partial charge in [0.15, 0.2) is 0 Å². The van der Waals surface area contributed by atoms with E-state index in [1.54, 1.807) is 14.2 Å². The fourth-order valence-electron chi connectivity index (χ4n) is 4.46. The normalized spacial score (nSPS) is 26.1. The first-order chi connectivity index (χ1) is 16.7. The number of hydrogen-bond acceptors (Lipinski definition) is 8. The van der Waals surface area contributed by atoms with Crippen molar-refractivity contribution in [3.63, 3.8) is 0 Å². The van der Waals surface area contributed by atoms with Crippen LogP contribution in [0.3, 0.4) is 0 Å². The lowest BCUT2D eigenvalue weighted by Crippen LogP contribution is -2.32. The van der Waals surface area contributed by atoms with E-state index < -0.39 is 0 Å². The lowest BCUT2D eigenvalue weighted by molar-refractivity contribution is 0.383. The largest absolute Gasteiger partial charge is 0.495 e. The van der Waals surface area contributed by atoms with Crippen LogP contribution in [-0.4, -0.2) is 91.2 Å². The monoisotopic (exact) mass is 468 g/mol. The van der Waals surface area contributed by atoms with Crippen LogP contribution in [0, 0.1) is 0 Å². The van der Waals surface area contributed by atoms with Crippen LogP contribution in [0.4, 0.5) is 11.4 Å². The second-order valence-corrected chi connectivity index (χ2v) is 9.40. The van der Waals surface area contributed by atoms with E-state index in [1.165, 1.54) is 0 Å². The van der Waals surface area contributed by atoms with Gasteiger partial charge in [0.2, 0.25) is 0 Å². The molecule has 0 aliphatic carbocycles. The minimum atomic E-state index is 0.296. The van der Waals surface area contributed by atoms with Crippen molar-refractivity contribution in [2.24, 2.45) is 0 Å². The molecule has 2 aromatic carbocycles. The number of anilines is 2. The average Bonchev–Trinajstić information content (AvgIpc) is 3.70. The summed E-state index contributed by atoms with van der Waals surface area (Å²) in [5, 5.41) is 0. The molecule has 0 bridgehead atoms. The van der Waals surface area contributed by atoms with Gasteiger partial charge in [-0.25, -0.2) is 0 Å². The Kier molecular flexibility index (Phi) is 5.99. The zero-order chi connectivity index (χ0) is 23.1. The first-order valence-corrected chi connectivity index (χ1v) is 12.0. The van der Waals surface area contributed by atoms with Crippen molar-refractivity contribution < 1.29 is 28.4 Å². The molecule has 4 aliphatic rings. The van der Waals surface area contributed by atoms with Gasteiger partial charge in [-0.1, -0.05) is 12.1 Å². The molecule has 8 nitrogen and oxygen atoms in total. The van der Waals surface area contributed by atoms with Crippen LogP contribution in [0.1, 0.15) is 0 Å². The van der Waals surface area contributed by atoms with Crippen molar-refractivity contribution in [3.05, 3.63) is 36.4 Å². The standard InChI is InChI=1S/C26H32N2O6/c1-29-25-7-17(3-5-23(25)27(9-19-13-31-19)10-20-14-32-20)18-4-6-24(26(8-18)30-2)28(11-21-15-33-21)12-22-16-34-22/h3-8,19-22H,9-16H2,1-2H3. The average molecular weight is 469 g/mol. The van der Waals surface area contributed by atoms with Crippen LogP contribution < -0.4 is 19.3 Å². The first kappa shape index (κ1) is 22.0. The van der Waals surface area contributed by atoms with E-state index in [4.69, 9.17) is 28.4 Å². The van der Waals surface area contributed by atoms with E-state index >= 15 is 0 Å². The van der Waals surface area contributed by atoms with Crippen molar-refractivity contribution in [2.45, 2.75) is 24.4 Å². The molecular formula is C26H32N2O6. The Hall–Kier alpha value is -2.52. The molecule has 4 fully saturated rings. The molecule has 8 heteroatoms. The molecule has 4 aliphatic heterocycles. The molecule has 34 heavy (non-hydrogen) atoms. The van der Waals surface area contributed by atoms with Gasteiger partial charge in [-0.2, -0.15) is 0 Å². The Morgan fingerprint density at radius 3 is 1.21 bits per heavy atom. The molecule has 2 aromatic rings. The number of methoxy groups -OCH3 is 2. The summed E-state index contributed by atoms with van der Waals surface area (Å²) < 4.78 is 33.6. The number of nitrogens with zero attached hydrogens (tertiary/aromatic N) is 2.